The molecule has 0 bridgehead atoms. The predicted octanol–water partition coefficient (Wildman–Crippen LogP) is 2.44. The van der Waals surface area contributed by atoms with Crippen LogP contribution in [0.4, 0.5) is 17.2 Å². The molecule has 2 aromatic rings. The van der Waals surface area contributed by atoms with Gasteiger partial charge in [0.05, 0.1) is 18.0 Å². The Labute approximate surface area is 117 Å². The van der Waals surface area contributed by atoms with Crippen molar-refractivity contribution in [1.82, 2.24) is 9.97 Å². The van der Waals surface area contributed by atoms with Crippen LogP contribution in [-0.2, 0) is 4.74 Å². The van der Waals surface area contributed by atoms with Gasteiger partial charge < -0.3 is 15.4 Å². The summed E-state index contributed by atoms with van der Waals surface area (Å²) in [7, 11) is 1.83. The van der Waals surface area contributed by atoms with Crippen LogP contribution in [0.15, 0.2) is 36.8 Å². The molecule has 6 heteroatoms. The van der Waals surface area contributed by atoms with Gasteiger partial charge in [-0.2, -0.15) is 0 Å². The molecule has 2 N–H and O–H groups in total. The predicted molar refractivity (Wildman–Crippen MR) is 77.3 cm³/mol. The third kappa shape index (κ3) is 3.03. The van der Waals surface area contributed by atoms with Gasteiger partial charge in [0.15, 0.2) is 0 Å². The third-order valence-corrected chi connectivity index (χ3v) is 2.66. The fourth-order valence-corrected chi connectivity index (χ4v) is 1.73. The number of carbonyl (C=O) groups excluding carboxylic acids is 1. The first kappa shape index (κ1) is 13.8. The van der Waals surface area contributed by atoms with E-state index < -0.39 is 5.97 Å². The van der Waals surface area contributed by atoms with Crippen molar-refractivity contribution in [2.45, 2.75) is 6.92 Å². The Morgan fingerprint density at radius 3 is 2.75 bits per heavy atom. The lowest BCUT2D eigenvalue weighted by Gasteiger charge is -2.12. The summed E-state index contributed by atoms with van der Waals surface area (Å²) in [6.07, 6.45) is 2.82. The van der Waals surface area contributed by atoms with E-state index >= 15 is 0 Å². The maximum absolute atomic E-state index is 11.9. The number of nitrogens with one attached hydrogen (secondary N) is 2. The Balaban J connectivity index is 2.32. The first-order chi connectivity index (χ1) is 9.76. The number of esters is 1. The van der Waals surface area contributed by atoms with Crippen LogP contribution in [0.1, 0.15) is 17.3 Å². The molecule has 1 heterocycles. The van der Waals surface area contributed by atoms with E-state index in [0.29, 0.717) is 18.0 Å². The highest BCUT2D eigenvalue weighted by atomic mass is 16.5. The van der Waals surface area contributed by atoms with Crippen LogP contribution >= 0.6 is 0 Å². The highest BCUT2D eigenvalue weighted by Gasteiger charge is 2.14. The first-order valence-electron chi connectivity index (χ1n) is 6.27. The smallest absolute Gasteiger partial charge is 0.343 e. The molecule has 0 saturated heterocycles. The van der Waals surface area contributed by atoms with Crippen LogP contribution in [0.5, 0.6) is 0 Å². The second-order valence-corrected chi connectivity index (χ2v) is 3.93. The number of carbonyl (C=O) groups is 1. The van der Waals surface area contributed by atoms with Crippen LogP contribution in [0.2, 0.25) is 0 Å². The van der Waals surface area contributed by atoms with Gasteiger partial charge in [-0.25, -0.2) is 14.8 Å². The van der Waals surface area contributed by atoms with Crippen LogP contribution in [-0.4, -0.2) is 29.6 Å². The van der Waals surface area contributed by atoms with Crippen molar-refractivity contribution in [3.63, 3.8) is 0 Å². The van der Waals surface area contributed by atoms with Crippen LogP contribution in [0, 0.1) is 0 Å². The maximum atomic E-state index is 11.9. The Hall–Kier alpha value is -2.63. The Morgan fingerprint density at radius 2 is 2.05 bits per heavy atom. The van der Waals surface area contributed by atoms with Crippen LogP contribution < -0.4 is 10.6 Å². The molecule has 0 aliphatic heterocycles. The SMILES string of the molecule is CCOC(=O)c1cncnc1Nc1ccccc1NC. The number of nitrogens with zero attached hydrogens (tertiary/aromatic N) is 2. The lowest BCUT2D eigenvalue weighted by molar-refractivity contribution is 0.0526. The van der Waals surface area contributed by atoms with E-state index in [4.69, 9.17) is 4.74 Å². The number of para-hydroxylation sites is 2. The Kier molecular flexibility index (Phi) is 4.49. The molecule has 1 aromatic heterocycles. The van der Waals surface area contributed by atoms with Gasteiger partial charge in [0.2, 0.25) is 0 Å². The number of aromatic nitrogens is 2. The Morgan fingerprint density at radius 1 is 1.30 bits per heavy atom. The minimum Gasteiger partial charge on any atom is -0.462 e. The van der Waals surface area contributed by atoms with Gasteiger partial charge in [-0.1, -0.05) is 12.1 Å². The topological polar surface area (TPSA) is 76.1 Å². The Bertz CT molecular complexity index is 601. The summed E-state index contributed by atoms with van der Waals surface area (Å²) < 4.78 is 4.99. The van der Waals surface area contributed by atoms with Crippen molar-refractivity contribution in [1.29, 1.82) is 0 Å². The highest BCUT2D eigenvalue weighted by Crippen LogP contribution is 2.25. The second kappa shape index (κ2) is 6.51. The zero-order chi connectivity index (χ0) is 14.4. The summed E-state index contributed by atoms with van der Waals surface area (Å²) in [5.41, 5.74) is 2.03. The van der Waals surface area contributed by atoms with E-state index in [-0.39, 0.29) is 0 Å². The van der Waals surface area contributed by atoms with Crippen molar-refractivity contribution in [2.24, 2.45) is 0 Å². The summed E-state index contributed by atoms with van der Waals surface area (Å²) in [5, 5.41) is 6.18. The lowest BCUT2D eigenvalue weighted by Crippen LogP contribution is -2.10. The molecule has 0 atom stereocenters. The van der Waals surface area contributed by atoms with Crippen molar-refractivity contribution in [3.8, 4) is 0 Å². The normalized spacial score (nSPS) is 9.90. The third-order valence-electron chi connectivity index (χ3n) is 2.66. The molecule has 6 nitrogen and oxygen atoms in total. The molecule has 0 aliphatic rings. The zero-order valence-electron chi connectivity index (χ0n) is 11.4. The van der Waals surface area contributed by atoms with Crippen molar-refractivity contribution in [2.75, 3.05) is 24.3 Å². The van der Waals surface area contributed by atoms with Gasteiger partial charge in [-0.15, -0.1) is 0 Å². The van der Waals surface area contributed by atoms with E-state index in [2.05, 4.69) is 20.6 Å². The van der Waals surface area contributed by atoms with Gasteiger partial charge in [-0.05, 0) is 19.1 Å². The first-order valence-corrected chi connectivity index (χ1v) is 6.27. The van der Waals surface area contributed by atoms with Crippen LogP contribution in [0.3, 0.4) is 0 Å². The van der Waals surface area contributed by atoms with Gasteiger partial charge in [0, 0.05) is 13.2 Å². The lowest BCUT2D eigenvalue weighted by atomic mass is 10.2. The van der Waals surface area contributed by atoms with Crippen molar-refractivity contribution >= 4 is 23.2 Å². The van der Waals surface area contributed by atoms with Gasteiger partial charge in [0.25, 0.3) is 0 Å². The minimum atomic E-state index is -0.447. The molecule has 104 valence electrons. The second-order valence-electron chi connectivity index (χ2n) is 3.93. The van der Waals surface area contributed by atoms with Crippen LogP contribution in [0.25, 0.3) is 0 Å². The fraction of sp³-hybridized carbons (Fsp3) is 0.214. The van der Waals surface area contributed by atoms with Crippen molar-refractivity contribution < 1.29 is 9.53 Å². The summed E-state index contributed by atoms with van der Waals surface area (Å²) >= 11 is 0. The highest BCUT2D eigenvalue weighted by molar-refractivity contribution is 5.95. The quantitative estimate of drug-likeness (QED) is 0.814. The van der Waals surface area contributed by atoms with Gasteiger partial charge >= 0.3 is 5.97 Å². The van der Waals surface area contributed by atoms with Gasteiger partial charge in [0.1, 0.15) is 17.7 Å². The van der Waals surface area contributed by atoms with Gasteiger partial charge in [-0.3, -0.25) is 0 Å². The fourth-order valence-electron chi connectivity index (χ4n) is 1.73. The molecular formula is C14H16N4O2. The maximum Gasteiger partial charge on any atom is 0.343 e. The molecule has 0 radical (unpaired) electrons. The molecule has 0 fully saturated rings. The number of hydrogen-bond acceptors (Lipinski definition) is 6. The monoisotopic (exact) mass is 272 g/mol. The minimum absolute atomic E-state index is 0.306. The average Bonchev–Trinajstić information content (AvgIpc) is 2.48. The molecule has 2 rings (SSSR count). The standard InChI is InChI=1S/C14H16N4O2/c1-3-20-14(19)10-8-16-9-17-13(10)18-12-7-5-4-6-11(12)15-2/h4-9,15H,3H2,1-2H3,(H,16,17,18). The van der Waals surface area contributed by atoms with E-state index in [1.54, 1.807) is 6.92 Å². The summed E-state index contributed by atoms with van der Waals surface area (Å²) in [6, 6.07) is 7.63. The summed E-state index contributed by atoms with van der Waals surface area (Å²) in [5.74, 6) is -0.0290. The van der Waals surface area contributed by atoms with E-state index in [1.165, 1.54) is 12.5 Å². The largest absolute Gasteiger partial charge is 0.462 e. The number of rotatable bonds is 5. The average molecular weight is 272 g/mol. The summed E-state index contributed by atoms with van der Waals surface area (Å²) in [4.78, 5) is 19.8. The zero-order valence-corrected chi connectivity index (χ0v) is 11.4. The van der Waals surface area contributed by atoms with E-state index in [9.17, 15) is 4.79 Å². The molecule has 0 amide bonds. The molecule has 0 spiro atoms. The molecule has 0 saturated carbocycles. The number of hydrogen-bond donors (Lipinski definition) is 2. The molecule has 20 heavy (non-hydrogen) atoms. The van der Waals surface area contributed by atoms with Crippen molar-refractivity contribution in [3.05, 3.63) is 42.4 Å². The molecule has 1 aromatic carbocycles. The molecule has 0 unspecified atom stereocenters. The number of anilines is 3. The molecular weight excluding hydrogens is 256 g/mol. The van der Waals surface area contributed by atoms with E-state index in [0.717, 1.165) is 11.4 Å². The molecule has 0 aliphatic carbocycles. The number of ether oxygens (including phenoxy) is 1. The number of benzene rings is 1. The summed E-state index contributed by atoms with van der Waals surface area (Å²) in [6.45, 7) is 2.06. The van der Waals surface area contributed by atoms with E-state index in [1.807, 2.05) is 31.3 Å².